The van der Waals surface area contributed by atoms with Crippen molar-refractivity contribution in [2.24, 2.45) is 11.1 Å². The summed E-state index contributed by atoms with van der Waals surface area (Å²) >= 11 is 0. The maximum Gasteiger partial charge on any atom is 0.142 e. The number of alkyl halides is 1. The summed E-state index contributed by atoms with van der Waals surface area (Å²) in [6.07, 6.45) is 0. The molecule has 0 heterocycles. The standard InChI is InChI=1S/C12H17F2N/c1-11(2,8-15)12(3,14)9-6-4-5-7-10(9)13/h4-7H,8,15H2,1-3H3. The molecule has 2 N–H and O–H groups in total. The molecule has 0 aromatic heterocycles. The Balaban J connectivity index is 3.22. The highest BCUT2D eigenvalue weighted by Crippen LogP contribution is 2.43. The Morgan fingerprint density at radius 2 is 1.73 bits per heavy atom. The van der Waals surface area contributed by atoms with Crippen molar-refractivity contribution >= 4 is 0 Å². The lowest BCUT2D eigenvalue weighted by Gasteiger charge is -2.37. The Hall–Kier alpha value is -0.960. The zero-order valence-corrected chi connectivity index (χ0v) is 9.35. The third-order valence-corrected chi connectivity index (χ3v) is 3.16. The first-order valence-electron chi connectivity index (χ1n) is 4.97. The van der Waals surface area contributed by atoms with Gasteiger partial charge < -0.3 is 5.73 Å². The van der Waals surface area contributed by atoms with E-state index in [1.54, 1.807) is 26.0 Å². The summed E-state index contributed by atoms with van der Waals surface area (Å²) < 4.78 is 28.0. The molecule has 1 rings (SSSR count). The van der Waals surface area contributed by atoms with Gasteiger partial charge in [-0.25, -0.2) is 8.78 Å². The number of rotatable bonds is 3. The van der Waals surface area contributed by atoms with Gasteiger partial charge in [0, 0.05) is 17.5 Å². The minimum Gasteiger partial charge on any atom is -0.330 e. The Bertz CT molecular complexity index is 345. The van der Waals surface area contributed by atoms with Crippen LogP contribution in [0.3, 0.4) is 0 Å². The van der Waals surface area contributed by atoms with E-state index < -0.39 is 16.9 Å². The van der Waals surface area contributed by atoms with E-state index in [0.717, 1.165) is 0 Å². The molecular weight excluding hydrogens is 196 g/mol. The molecule has 0 saturated carbocycles. The monoisotopic (exact) mass is 213 g/mol. The van der Waals surface area contributed by atoms with E-state index in [0.29, 0.717) is 0 Å². The van der Waals surface area contributed by atoms with Gasteiger partial charge in [-0.05, 0) is 13.0 Å². The lowest BCUT2D eigenvalue weighted by atomic mass is 9.73. The van der Waals surface area contributed by atoms with Crippen molar-refractivity contribution in [3.05, 3.63) is 35.6 Å². The molecule has 3 heteroatoms. The third-order valence-electron chi connectivity index (χ3n) is 3.16. The summed E-state index contributed by atoms with van der Waals surface area (Å²) in [4.78, 5) is 0. The molecule has 0 amide bonds. The Labute approximate surface area is 89.3 Å². The van der Waals surface area contributed by atoms with Crippen LogP contribution >= 0.6 is 0 Å². The van der Waals surface area contributed by atoms with Crippen LogP contribution in [0.2, 0.25) is 0 Å². The fraction of sp³-hybridized carbons (Fsp3) is 0.500. The lowest BCUT2D eigenvalue weighted by molar-refractivity contribution is 0.0337. The van der Waals surface area contributed by atoms with Gasteiger partial charge in [0.25, 0.3) is 0 Å². The van der Waals surface area contributed by atoms with Crippen LogP contribution in [0.15, 0.2) is 24.3 Å². The van der Waals surface area contributed by atoms with E-state index in [1.807, 2.05) is 0 Å². The summed E-state index contributed by atoms with van der Waals surface area (Å²) in [5.41, 5.74) is 3.02. The van der Waals surface area contributed by atoms with E-state index in [4.69, 9.17) is 5.73 Å². The molecule has 0 bridgehead atoms. The first kappa shape index (κ1) is 12.1. The normalized spacial score (nSPS) is 16.1. The van der Waals surface area contributed by atoms with Crippen molar-refractivity contribution in [3.63, 3.8) is 0 Å². The number of halogens is 2. The lowest BCUT2D eigenvalue weighted by Crippen LogP contribution is -2.41. The summed E-state index contributed by atoms with van der Waals surface area (Å²) in [5, 5.41) is 0. The Kier molecular flexibility index (Phi) is 3.14. The van der Waals surface area contributed by atoms with Gasteiger partial charge in [-0.3, -0.25) is 0 Å². The maximum absolute atomic E-state index is 14.5. The summed E-state index contributed by atoms with van der Waals surface area (Å²) in [5.74, 6) is -0.524. The van der Waals surface area contributed by atoms with Crippen LogP contribution in [0, 0.1) is 11.2 Å². The largest absolute Gasteiger partial charge is 0.330 e. The van der Waals surface area contributed by atoms with E-state index in [2.05, 4.69) is 0 Å². The van der Waals surface area contributed by atoms with Crippen LogP contribution in [-0.4, -0.2) is 6.54 Å². The molecule has 1 nitrogen and oxygen atoms in total. The zero-order chi connectivity index (χ0) is 11.7. The van der Waals surface area contributed by atoms with Crippen LogP contribution in [0.1, 0.15) is 26.3 Å². The number of nitrogens with two attached hydrogens (primary N) is 1. The van der Waals surface area contributed by atoms with Crippen LogP contribution in [0.5, 0.6) is 0 Å². The second-order valence-electron chi connectivity index (χ2n) is 4.57. The number of hydrogen-bond donors (Lipinski definition) is 1. The molecule has 0 saturated heterocycles. The second-order valence-corrected chi connectivity index (χ2v) is 4.57. The molecule has 0 aliphatic carbocycles. The zero-order valence-electron chi connectivity index (χ0n) is 9.35. The average Bonchev–Trinajstić information content (AvgIpc) is 2.18. The highest BCUT2D eigenvalue weighted by molar-refractivity contribution is 5.26. The predicted octanol–water partition coefficient (Wildman–Crippen LogP) is 3.00. The van der Waals surface area contributed by atoms with Gasteiger partial charge >= 0.3 is 0 Å². The van der Waals surface area contributed by atoms with Crippen molar-refractivity contribution in [1.82, 2.24) is 0 Å². The van der Waals surface area contributed by atoms with Crippen molar-refractivity contribution in [1.29, 1.82) is 0 Å². The molecule has 0 spiro atoms. The van der Waals surface area contributed by atoms with Crippen molar-refractivity contribution in [3.8, 4) is 0 Å². The minimum absolute atomic E-state index is 0.0699. The third kappa shape index (κ3) is 2.02. The molecular formula is C12H17F2N. The van der Waals surface area contributed by atoms with Crippen molar-refractivity contribution in [2.75, 3.05) is 6.54 Å². The number of benzene rings is 1. The van der Waals surface area contributed by atoms with Gasteiger partial charge in [-0.15, -0.1) is 0 Å². The van der Waals surface area contributed by atoms with E-state index >= 15 is 0 Å². The fourth-order valence-electron chi connectivity index (χ4n) is 1.40. The topological polar surface area (TPSA) is 26.0 Å². The quantitative estimate of drug-likeness (QED) is 0.820. The van der Waals surface area contributed by atoms with Crippen LogP contribution in [0.25, 0.3) is 0 Å². The van der Waals surface area contributed by atoms with Crippen LogP contribution in [-0.2, 0) is 5.67 Å². The summed E-state index contributed by atoms with van der Waals surface area (Å²) in [6, 6.07) is 5.90. The summed E-state index contributed by atoms with van der Waals surface area (Å²) in [6.45, 7) is 4.92. The molecule has 1 aromatic carbocycles. The Morgan fingerprint density at radius 3 is 2.20 bits per heavy atom. The van der Waals surface area contributed by atoms with Gasteiger partial charge in [0.15, 0.2) is 0 Å². The van der Waals surface area contributed by atoms with Crippen LogP contribution < -0.4 is 5.73 Å². The first-order chi connectivity index (χ1) is 6.83. The smallest absolute Gasteiger partial charge is 0.142 e. The maximum atomic E-state index is 14.5. The van der Waals surface area contributed by atoms with Crippen LogP contribution in [0.4, 0.5) is 8.78 Å². The molecule has 0 radical (unpaired) electrons. The molecule has 1 unspecified atom stereocenters. The molecule has 1 atom stereocenters. The molecule has 84 valence electrons. The van der Waals surface area contributed by atoms with Crippen molar-refractivity contribution in [2.45, 2.75) is 26.4 Å². The van der Waals surface area contributed by atoms with Gasteiger partial charge in [-0.2, -0.15) is 0 Å². The second kappa shape index (κ2) is 3.89. The minimum atomic E-state index is -1.77. The van der Waals surface area contributed by atoms with Gasteiger partial charge in [0.1, 0.15) is 11.5 Å². The molecule has 15 heavy (non-hydrogen) atoms. The molecule has 0 aliphatic heterocycles. The molecule has 1 aromatic rings. The SMILES string of the molecule is CC(C)(CN)C(C)(F)c1ccccc1F. The molecule has 0 aliphatic rings. The summed E-state index contributed by atoms with van der Waals surface area (Å²) in [7, 11) is 0. The first-order valence-corrected chi connectivity index (χ1v) is 4.97. The fourth-order valence-corrected chi connectivity index (χ4v) is 1.40. The van der Waals surface area contributed by atoms with Gasteiger partial charge in [0.05, 0.1) is 0 Å². The van der Waals surface area contributed by atoms with Gasteiger partial charge in [0.2, 0.25) is 0 Å². The van der Waals surface area contributed by atoms with Gasteiger partial charge in [-0.1, -0.05) is 32.0 Å². The number of hydrogen-bond acceptors (Lipinski definition) is 1. The van der Waals surface area contributed by atoms with E-state index in [-0.39, 0.29) is 12.1 Å². The van der Waals surface area contributed by atoms with E-state index in [1.165, 1.54) is 19.1 Å². The van der Waals surface area contributed by atoms with Crippen molar-refractivity contribution < 1.29 is 8.78 Å². The molecule has 0 fully saturated rings. The average molecular weight is 213 g/mol. The van der Waals surface area contributed by atoms with E-state index in [9.17, 15) is 8.78 Å². The highest BCUT2D eigenvalue weighted by atomic mass is 19.1. The highest BCUT2D eigenvalue weighted by Gasteiger charge is 2.43. The Morgan fingerprint density at radius 1 is 1.20 bits per heavy atom. The predicted molar refractivity (Wildman–Crippen MR) is 57.7 cm³/mol.